The maximum absolute atomic E-state index is 12.4. The smallest absolute Gasteiger partial charge is 0.243 e. The number of ether oxygens (including phenoxy) is 1. The largest absolute Gasteiger partial charge is 0.481 e. The zero-order chi connectivity index (χ0) is 14.6. The lowest BCUT2D eigenvalue weighted by molar-refractivity contribution is 0.370. The average molecular weight is 311 g/mol. The number of hydrogen-bond donors (Lipinski definition) is 1. The molecule has 0 bridgehead atoms. The average Bonchev–Trinajstić information content (AvgIpc) is 2.87. The molecule has 2 rings (SSSR count). The molecule has 6 heteroatoms. The van der Waals surface area contributed by atoms with Crippen LogP contribution in [-0.2, 0) is 10.0 Å². The first-order chi connectivity index (χ1) is 9.54. The minimum absolute atomic E-state index is 0.125. The van der Waals surface area contributed by atoms with Crippen molar-refractivity contribution in [2.75, 3.05) is 19.7 Å². The van der Waals surface area contributed by atoms with E-state index >= 15 is 0 Å². The van der Waals surface area contributed by atoms with Gasteiger partial charge < -0.3 is 4.74 Å². The maximum atomic E-state index is 12.4. The third-order valence-corrected chi connectivity index (χ3v) is 5.38. The molecule has 1 atom stereocenters. The minimum Gasteiger partial charge on any atom is -0.481 e. The number of nitrogens with zero attached hydrogens (tertiary/aromatic N) is 1. The highest BCUT2D eigenvalue weighted by atomic mass is 32.2. The quantitative estimate of drug-likeness (QED) is 0.681. The molecule has 0 spiro atoms. The van der Waals surface area contributed by atoms with Crippen molar-refractivity contribution in [3.05, 3.63) is 24.3 Å². The molecule has 0 N–H and O–H groups in total. The van der Waals surface area contributed by atoms with Gasteiger partial charge in [0.1, 0.15) is 12.4 Å². The van der Waals surface area contributed by atoms with Gasteiger partial charge in [-0.1, -0.05) is 5.92 Å². The first-order valence-corrected chi connectivity index (χ1v) is 8.30. The van der Waals surface area contributed by atoms with Gasteiger partial charge >= 0.3 is 0 Å². The predicted octanol–water partition coefficient (Wildman–Crippen LogP) is 1.78. The topological polar surface area (TPSA) is 46.6 Å². The summed E-state index contributed by atoms with van der Waals surface area (Å²) in [5.41, 5.74) is 0. The molecule has 1 aromatic rings. The molecule has 20 heavy (non-hydrogen) atoms. The third-order valence-electron chi connectivity index (χ3n) is 3.08. The van der Waals surface area contributed by atoms with Crippen LogP contribution in [0.2, 0.25) is 0 Å². The van der Waals surface area contributed by atoms with E-state index < -0.39 is 10.0 Å². The monoisotopic (exact) mass is 311 g/mol. The highest BCUT2D eigenvalue weighted by Gasteiger charge is 2.30. The number of hydrogen-bond acceptors (Lipinski definition) is 4. The van der Waals surface area contributed by atoms with E-state index in [1.165, 1.54) is 4.31 Å². The lowest BCUT2D eigenvalue weighted by Crippen LogP contribution is -2.28. The van der Waals surface area contributed by atoms with Crippen molar-refractivity contribution < 1.29 is 13.2 Å². The second kappa shape index (κ2) is 6.53. The van der Waals surface area contributed by atoms with Gasteiger partial charge in [0.05, 0.1) is 4.90 Å². The molecule has 0 aliphatic carbocycles. The lowest BCUT2D eigenvalue weighted by Gasteiger charge is -2.16. The predicted molar refractivity (Wildman–Crippen MR) is 81.5 cm³/mol. The van der Waals surface area contributed by atoms with Gasteiger partial charge in [0, 0.05) is 18.3 Å². The Labute approximate surface area is 125 Å². The highest BCUT2D eigenvalue weighted by molar-refractivity contribution is 7.89. The normalized spacial score (nSPS) is 19.4. The van der Waals surface area contributed by atoms with Gasteiger partial charge in [-0.2, -0.15) is 16.9 Å². The van der Waals surface area contributed by atoms with Crippen LogP contribution < -0.4 is 4.74 Å². The molecular weight excluding hydrogens is 294 g/mol. The van der Waals surface area contributed by atoms with Crippen LogP contribution in [0, 0.1) is 11.8 Å². The summed E-state index contributed by atoms with van der Waals surface area (Å²) in [5.74, 6) is 6.13. The Morgan fingerprint density at radius 3 is 2.65 bits per heavy atom. The zero-order valence-corrected chi connectivity index (χ0v) is 13.0. The van der Waals surface area contributed by atoms with Crippen LogP contribution in [0.1, 0.15) is 13.3 Å². The number of sulfonamides is 1. The van der Waals surface area contributed by atoms with Crippen LogP contribution in [-0.4, -0.2) is 37.7 Å². The molecule has 0 saturated carbocycles. The molecule has 1 heterocycles. The van der Waals surface area contributed by atoms with Crippen LogP contribution in [0.25, 0.3) is 0 Å². The highest BCUT2D eigenvalue weighted by Crippen LogP contribution is 2.24. The molecule has 0 aromatic heterocycles. The van der Waals surface area contributed by atoms with E-state index in [2.05, 4.69) is 24.5 Å². The van der Waals surface area contributed by atoms with Crippen LogP contribution in [0.4, 0.5) is 0 Å². The summed E-state index contributed by atoms with van der Waals surface area (Å²) in [7, 11) is -3.41. The third kappa shape index (κ3) is 3.48. The van der Waals surface area contributed by atoms with E-state index in [0.717, 1.165) is 6.42 Å². The summed E-state index contributed by atoms with van der Waals surface area (Å²) in [4.78, 5) is 0.286. The van der Waals surface area contributed by atoms with E-state index in [1.54, 1.807) is 31.2 Å². The van der Waals surface area contributed by atoms with Gasteiger partial charge in [0.15, 0.2) is 0 Å². The standard InChI is InChI=1S/C14H17NO3S2/c1-2-3-10-18-12-4-6-14(7-5-12)20(16,17)15-9-8-13(19)11-15/h4-7,13,19H,8-11H2,1H3/t13-/m0/s1. The van der Waals surface area contributed by atoms with Crippen molar-refractivity contribution in [2.45, 2.75) is 23.5 Å². The Balaban J connectivity index is 2.10. The fourth-order valence-electron chi connectivity index (χ4n) is 1.98. The van der Waals surface area contributed by atoms with Crippen LogP contribution in [0.3, 0.4) is 0 Å². The molecule has 108 valence electrons. The first kappa shape index (κ1) is 15.2. The molecule has 0 amide bonds. The summed E-state index contributed by atoms with van der Waals surface area (Å²) < 4.78 is 31.6. The molecule has 0 unspecified atom stereocenters. The van der Waals surface area contributed by atoms with Gasteiger partial charge in [-0.15, -0.1) is 5.92 Å². The molecule has 1 aliphatic heterocycles. The molecular formula is C14H17NO3S2. The van der Waals surface area contributed by atoms with Crippen molar-refractivity contribution in [1.29, 1.82) is 0 Å². The van der Waals surface area contributed by atoms with Gasteiger partial charge in [0.25, 0.3) is 0 Å². The van der Waals surface area contributed by atoms with E-state index in [-0.39, 0.29) is 10.1 Å². The Morgan fingerprint density at radius 1 is 1.40 bits per heavy atom. The van der Waals surface area contributed by atoms with E-state index in [9.17, 15) is 8.42 Å². The van der Waals surface area contributed by atoms with Crippen molar-refractivity contribution >= 4 is 22.7 Å². The van der Waals surface area contributed by atoms with Gasteiger partial charge in [0.2, 0.25) is 10.0 Å². The fourth-order valence-corrected chi connectivity index (χ4v) is 3.90. The maximum Gasteiger partial charge on any atom is 0.243 e. The van der Waals surface area contributed by atoms with Crippen molar-refractivity contribution in [1.82, 2.24) is 4.31 Å². The van der Waals surface area contributed by atoms with Gasteiger partial charge in [-0.05, 0) is 37.6 Å². The van der Waals surface area contributed by atoms with Crippen molar-refractivity contribution in [3.8, 4) is 17.6 Å². The number of thiol groups is 1. The Morgan fingerprint density at radius 2 is 2.10 bits per heavy atom. The van der Waals surface area contributed by atoms with E-state index in [0.29, 0.717) is 25.4 Å². The van der Waals surface area contributed by atoms with Crippen molar-refractivity contribution in [2.24, 2.45) is 0 Å². The summed E-state index contributed by atoms with van der Waals surface area (Å²) in [6.07, 6.45) is 0.791. The Kier molecular flexibility index (Phi) is 4.97. The molecule has 0 radical (unpaired) electrons. The SMILES string of the molecule is CC#CCOc1ccc(S(=O)(=O)N2CC[C@H](S)C2)cc1. The minimum atomic E-state index is -3.41. The van der Waals surface area contributed by atoms with E-state index in [1.807, 2.05) is 0 Å². The van der Waals surface area contributed by atoms with Gasteiger partial charge in [-0.25, -0.2) is 8.42 Å². The van der Waals surface area contributed by atoms with Gasteiger partial charge in [-0.3, -0.25) is 0 Å². The molecule has 4 nitrogen and oxygen atoms in total. The summed E-state index contributed by atoms with van der Waals surface area (Å²) in [6, 6.07) is 6.43. The molecule has 1 fully saturated rings. The van der Waals surface area contributed by atoms with Crippen LogP contribution in [0.5, 0.6) is 5.75 Å². The fraction of sp³-hybridized carbons (Fsp3) is 0.429. The van der Waals surface area contributed by atoms with E-state index in [4.69, 9.17) is 4.74 Å². The Hall–Kier alpha value is -1.16. The number of rotatable bonds is 4. The number of benzene rings is 1. The molecule has 1 aromatic carbocycles. The Bertz CT molecular complexity index is 614. The second-order valence-electron chi connectivity index (χ2n) is 4.49. The second-order valence-corrected chi connectivity index (χ2v) is 7.16. The van der Waals surface area contributed by atoms with Crippen LogP contribution >= 0.6 is 12.6 Å². The summed E-state index contributed by atoms with van der Waals surface area (Å²) in [6.45, 7) is 3.04. The summed E-state index contributed by atoms with van der Waals surface area (Å²) >= 11 is 4.32. The summed E-state index contributed by atoms with van der Waals surface area (Å²) in [5, 5.41) is 0.125. The van der Waals surface area contributed by atoms with Crippen LogP contribution in [0.15, 0.2) is 29.2 Å². The lowest BCUT2D eigenvalue weighted by atomic mass is 10.3. The van der Waals surface area contributed by atoms with Crippen molar-refractivity contribution in [3.63, 3.8) is 0 Å². The first-order valence-electron chi connectivity index (χ1n) is 6.34. The zero-order valence-electron chi connectivity index (χ0n) is 11.2. The molecule has 1 aliphatic rings. The molecule has 1 saturated heterocycles.